The van der Waals surface area contributed by atoms with Gasteiger partial charge in [0.05, 0.1) is 12.2 Å². The number of carboxylic acid groups (broad SMARTS) is 1. The normalized spacial score (nSPS) is 12.6. The zero-order chi connectivity index (χ0) is 23.7. The van der Waals surface area contributed by atoms with Crippen LogP contribution in [0.3, 0.4) is 0 Å². The van der Waals surface area contributed by atoms with E-state index in [9.17, 15) is 19.5 Å². The first kappa shape index (κ1) is 26.2. The summed E-state index contributed by atoms with van der Waals surface area (Å²) in [7, 11) is 0. The van der Waals surface area contributed by atoms with E-state index in [1.54, 1.807) is 53.7 Å². The quantitative estimate of drug-likeness (QED) is 0.607. The lowest BCUT2D eigenvalue weighted by Crippen LogP contribution is -2.51. The highest BCUT2D eigenvalue weighted by atomic mass is 16.6. The third kappa shape index (κ3) is 11.2. The highest BCUT2D eigenvalue weighted by Crippen LogP contribution is 2.13. The van der Waals surface area contributed by atoms with Crippen molar-refractivity contribution in [2.24, 2.45) is 0 Å². The molecule has 31 heavy (non-hydrogen) atoms. The van der Waals surface area contributed by atoms with Gasteiger partial charge in [-0.05, 0) is 47.1 Å². The van der Waals surface area contributed by atoms with Gasteiger partial charge in [-0.1, -0.05) is 30.3 Å². The molecule has 1 aromatic carbocycles. The number of ether oxygens (including phenoxy) is 3. The van der Waals surface area contributed by atoms with Crippen LogP contribution in [0.2, 0.25) is 0 Å². The predicted octanol–water partition coefficient (Wildman–Crippen LogP) is 3.42. The molecule has 0 spiro atoms. The summed E-state index contributed by atoms with van der Waals surface area (Å²) in [5.41, 5.74) is -0.509. The second-order valence-corrected chi connectivity index (χ2v) is 8.94. The summed E-state index contributed by atoms with van der Waals surface area (Å²) in [4.78, 5) is 37.5. The van der Waals surface area contributed by atoms with E-state index in [2.05, 4.69) is 5.32 Å². The van der Waals surface area contributed by atoms with E-state index in [0.717, 1.165) is 10.5 Å². The number of nitrogens with zero attached hydrogens (tertiary/aromatic N) is 1. The fourth-order valence-electron chi connectivity index (χ4n) is 2.39. The molecule has 0 heterocycles. The van der Waals surface area contributed by atoms with Crippen LogP contribution in [0.5, 0.6) is 0 Å². The Morgan fingerprint density at radius 3 is 2.16 bits per heavy atom. The standard InChI is InChI=1S/C22H34N2O7/c1-21(2,3)30-15-17(18(25)26)24(13-12-23-19(27)31-22(4,5)6)20(28)29-14-16-10-8-7-9-11-16/h7-11,17H,12-15H2,1-6H3,(H,23,27)(H,25,26)/t17-/m1/s1. The first-order chi connectivity index (χ1) is 14.3. The number of carboxylic acids is 1. The van der Waals surface area contributed by atoms with Crippen molar-refractivity contribution in [3.05, 3.63) is 35.9 Å². The Bertz CT molecular complexity index is 724. The van der Waals surface area contributed by atoms with Crippen molar-refractivity contribution in [2.45, 2.75) is 65.4 Å². The fraction of sp³-hybridized carbons (Fsp3) is 0.591. The summed E-state index contributed by atoms with van der Waals surface area (Å²) < 4.78 is 16.1. The van der Waals surface area contributed by atoms with Crippen LogP contribution in [-0.2, 0) is 25.6 Å². The smallest absolute Gasteiger partial charge is 0.410 e. The van der Waals surface area contributed by atoms with Gasteiger partial charge in [0.25, 0.3) is 0 Å². The molecule has 0 unspecified atom stereocenters. The second-order valence-electron chi connectivity index (χ2n) is 8.94. The van der Waals surface area contributed by atoms with Gasteiger partial charge in [0.15, 0.2) is 6.04 Å². The third-order valence-electron chi connectivity index (χ3n) is 3.80. The molecule has 9 nitrogen and oxygen atoms in total. The lowest BCUT2D eigenvalue weighted by molar-refractivity contribution is -0.147. The molecule has 9 heteroatoms. The molecule has 0 radical (unpaired) electrons. The Morgan fingerprint density at radius 1 is 1.03 bits per heavy atom. The molecule has 0 saturated carbocycles. The highest BCUT2D eigenvalue weighted by molar-refractivity contribution is 5.80. The van der Waals surface area contributed by atoms with Crippen molar-refractivity contribution < 1.29 is 33.7 Å². The molecule has 1 atom stereocenters. The largest absolute Gasteiger partial charge is 0.480 e. The van der Waals surface area contributed by atoms with Gasteiger partial charge >= 0.3 is 18.2 Å². The first-order valence-electron chi connectivity index (χ1n) is 10.1. The molecule has 0 aliphatic rings. The van der Waals surface area contributed by atoms with Crippen molar-refractivity contribution in [1.82, 2.24) is 10.2 Å². The molecule has 174 valence electrons. The fourth-order valence-corrected chi connectivity index (χ4v) is 2.39. The third-order valence-corrected chi connectivity index (χ3v) is 3.80. The molecule has 2 amide bonds. The monoisotopic (exact) mass is 438 g/mol. The predicted molar refractivity (Wildman–Crippen MR) is 115 cm³/mol. The summed E-state index contributed by atoms with van der Waals surface area (Å²) in [6, 6.07) is 7.75. The van der Waals surface area contributed by atoms with Gasteiger partial charge in [-0.25, -0.2) is 14.4 Å². The van der Waals surface area contributed by atoms with Crippen molar-refractivity contribution in [3.8, 4) is 0 Å². The molecule has 1 aromatic rings. The summed E-state index contributed by atoms with van der Waals surface area (Å²) in [5.74, 6) is -1.24. The molecule has 0 bridgehead atoms. The average molecular weight is 439 g/mol. The Balaban J connectivity index is 2.86. The van der Waals surface area contributed by atoms with Crippen LogP contribution >= 0.6 is 0 Å². The summed E-state index contributed by atoms with van der Waals surface area (Å²) >= 11 is 0. The van der Waals surface area contributed by atoms with E-state index in [1.165, 1.54) is 0 Å². The summed E-state index contributed by atoms with van der Waals surface area (Å²) in [6.07, 6.45) is -1.48. The summed E-state index contributed by atoms with van der Waals surface area (Å²) in [5, 5.41) is 12.2. The number of rotatable bonds is 9. The maximum absolute atomic E-state index is 12.7. The van der Waals surface area contributed by atoms with Gasteiger partial charge in [-0.2, -0.15) is 0 Å². The van der Waals surface area contributed by atoms with E-state index in [1.807, 2.05) is 18.2 Å². The second kappa shape index (κ2) is 11.5. The van der Waals surface area contributed by atoms with E-state index >= 15 is 0 Å². The van der Waals surface area contributed by atoms with Crippen LogP contribution in [0.4, 0.5) is 9.59 Å². The number of benzene rings is 1. The minimum Gasteiger partial charge on any atom is -0.480 e. The van der Waals surface area contributed by atoms with Crippen molar-refractivity contribution >= 4 is 18.2 Å². The topological polar surface area (TPSA) is 114 Å². The number of hydrogen-bond acceptors (Lipinski definition) is 6. The van der Waals surface area contributed by atoms with Crippen molar-refractivity contribution in [2.75, 3.05) is 19.7 Å². The summed E-state index contributed by atoms with van der Waals surface area (Å²) in [6.45, 7) is 10.2. The number of nitrogens with one attached hydrogen (secondary N) is 1. The molecule has 0 aromatic heterocycles. The van der Waals surface area contributed by atoms with Crippen molar-refractivity contribution in [1.29, 1.82) is 0 Å². The van der Waals surface area contributed by atoms with Gasteiger partial charge < -0.3 is 24.6 Å². The lowest BCUT2D eigenvalue weighted by Gasteiger charge is -2.30. The molecule has 1 rings (SSSR count). The van der Waals surface area contributed by atoms with E-state index in [0.29, 0.717) is 0 Å². The Labute approximate surface area is 183 Å². The van der Waals surface area contributed by atoms with Crippen LogP contribution in [-0.4, -0.2) is 65.1 Å². The lowest BCUT2D eigenvalue weighted by atomic mass is 10.2. The van der Waals surface area contributed by atoms with Crippen LogP contribution in [0.15, 0.2) is 30.3 Å². The van der Waals surface area contributed by atoms with E-state index < -0.39 is 35.4 Å². The van der Waals surface area contributed by atoms with E-state index in [-0.39, 0.29) is 26.3 Å². The molecule has 2 N–H and O–H groups in total. The number of carbonyl (C=O) groups excluding carboxylic acids is 2. The Morgan fingerprint density at radius 2 is 1.65 bits per heavy atom. The van der Waals surface area contributed by atoms with Crippen LogP contribution < -0.4 is 5.32 Å². The first-order valence-corrected chi connectivity index (χ1v) is 10.1. The zero-order valence-electron chi connectivity index (χ0n) is 19.1. The SMILES string of the molecule is CC(C)(C)OC[C@H](C(=O)O)N(CCNC(=O)OC(C)(C)C)C(=O)OCc1ccccc1. The van der Waals surface area contributed by atoms with Crippen molar-refractivity contribution in [3.63, 3.8) is 0 Å². The molecule has 0 fully saturated rings. The number of carbonyl (C=O) groups is 3. The number of hydrogen-bond donors (Lipinski definition) is 2. The average Bonchev–Trinajstić information content (AvgIpc) is 2.63. The molecule has 0 aliphatic carbocycles. The minimum absolute atomic E-state index is 0.0118. The van der Waals surface area contributed by atoms with Crippen LogP contribution in [0.25, 0.3) is 0 Å². The Kier molecular flexibility index (Phi) is 9.77. The van der Waals surface area contributed by atoms with Crippen LogP contribution in [0.1, 0.15) is 47.1 Å². The van der Waals surface area contributed by atoms with Gasteiger partial charge in [0.2, 0.25) is 0 Å². The highest BCUT2D eigenvalue weighted by Gasteiger charge is 2.32. The van der Waals surface area contributed by atoms with Gasteiger partial charge in [0.1, 0.15) is 12.2 Å². The van der Waals surface area contributed by atoms with Gasteiger partial charge in [0, 0.05) is 13.1 Å². The maximum atomic E-state index is 12.7. The number of amides is 2. The Hall–Kier alpha value is -2.81. The molecule has 0 aliphatic heterocycles. The maximum Gasteiger partial charge on any atom is 0.410 e. The van der Waals surface area contributed by atoms with Gasteiger partial charge in [-0.15, -0.1) is 0 Å². The molecular weight excluding hydrogens is 404 g/mol. The van der Waals surface area contributed by atoms with Gasteiger partial charge in [-0.3, -0.25) is 4.90 Å². The van der Waals surface area contributed by atoms with Crippen LogP contribution in [0, 0.1) is 0 Å². The number of alkyl carbamates (subject to hydrolysis) is 1. The molecule has 0 saturated heterocycles. The number of aliphatic carboxylic acids is 1. The zero-order valence-corrected chi connectivity index (χ0v) is 19.1. The molecular formula is C22H34N2O7. The minimum atomic E-state index is -1.29. The van der Waals surface area contributed by atoms with E-state index in [4.69, 9.17) is 14.2 Å².